The molecule has 2 aromatic rings. The number of rotatable bonds is 4. The molecule has 0 atom stereocenters. The first kappa shape index (κ1) is 14.8. The molecule has 3 N–H and O–H groups in total. The van der Waals surface area contributed by atoms with E-state index in [2.05, 4.69) is 25.6 Å². The van der Waals surface area contributed by atoms with Crippen molar-refractivity contribution >= 4 is 37.3 Å². The van der Waals surface area contributed by atoms with Gasteiger partial charge in [0.05, 0.1) is 5.69 Å². The average molecular weight is 356 g/mol. The summed E-state index contributed by atoms with van der Waals surface area (Å²) in [4.78, 5) is 3.93. The van der Waals surface area contributed by atoms with Crippen molar-refractivity contribution < 1.29 is 8.42 Å². The molecule has 0 aliphatic heterocycles. The van der Waals surface area contributed by atoms with Gasteiger partial charge < -0.3 is 5.73 Å². The van der Waals surface area contributed by atoms with E-state index in [9.17, 15) is 8.42 Å². The number of benzene rings is 1. The van der Waals surface area contributed by atoms with E-state index < -0.39 is 10.0 Å². The Morgan fingerprint density at radius 1 is 1.30 bits per heavy atom. The SMILES string of the molecule is CCc1ccc(NS(=O)(=O)c2cncc(Br)c2)cc1N. The zero-order valence-corrected chi connectivity index (χ0v) is 13.2. The molecule has 106 valence electrons. The smallest absolute Gasteiger partial charge is 0.263 e. The van der Waals surface area contributed by atoms with E-state index >= 15 is 0 Å². The number of hydrogen-bond donors (Lipinski definition) is 2. The molecule has 0 fully saturated rings. The lowest BCUT2D eigenvalue weighted by atomic mass is 10.1. The van der Waals surface area contributed by atoms with Gasteiger partial charge in [-0.25, -0.2) is 8.42 Å². The van der Waals surface area contributed by atoms with Gasteiger partial charge in [0, 0.05) is 22.6 Å². The van der Waals surface area contributed by atoms with Crippen molar-refractivity contribution in [1.29, 1.82) is 0 Å². The Labute approximate surface area is 126 Å². The van der Waals surface area contributed by atoms with E-state index in [-0.39, 0.29) is 4.90 Å². The molecule has 5 nitrogen and oxygen atoms in total. The van der Waals surface area contributed by atoms with E-state index in [0.29, 0.717) is 15.8 Å². The third kappa shape index (κ3) is 3.29. The molecular weight excluding hydrogens is 342 g/mol. The molecular formula is C13H14BrN3O2S. The van der Waals surface area contributed by atoms with Crippen LogP contribution in [0.5, 0.6) is 0 Å². The van der Waals surface area contributed by atoms with Crippen LogP contribution in [-0.4, -0.2) is 13.4 Å². The highest BCUT2D eigenvalue weighted by atomic mass is 79.9. The number of nitrogens with one attached hydrogen (secondary N) is 1. The van der Waals surface area contributed by atoms with Gasteiger partial charge in [-0.1, -0.05) is 13.0 Å². The van der Waals surface area contributed by atoms with Gasteiger partial charge in [-0.15, -0.1) is 0 Å². The van der Waals surface area contributed by atoms with E-state index in [1.165, 1.54) is 18.5 Å². The van der Waals surface area contributed by atoms with Crippen molar-refractivity contribution in [2.75, 3.05) is 10.5 Å². The van der Waals surface area contributed by atoms with Crippen LogP contribution in [0.1, 0.15) is 12.5 Å². The fourth-order valence-corrected chi connectivity index (χ4v) is 3.29. The zero-order chi connectivity index (χ0) is 14.8. The van der Waals surface area contributed by atoms with Crippen molar-refractivity contribution in [3.63, 3.8) is 0 Å². The maximum Gasteiger partial charge on any atom is 0.263 e. The normalized spacial score (nSPS) is 11.3. The molecule has 0 saturated carbocycles. The summed E-state index contributed by atoms with van der Waals surface area (Å²) in [7, 11) is -3.67. The highest BCUT2D eigenvalue weighted by Crippen LogP contribution is 2.22. The highest BCUT2D eigenvalue weighted by Gasteiger charge is 2.15. The van der Waals surface area contributed by atoms with Crippen LogP contribution < -0.4 is 10.5 Å². The Bertz CT molecular complexity index is 732. The first-order valence-electron chi connectivity index (χ1n) is 5.94. The minimum absolute atomic E-state index is 0.0880. The number of nitrogens with two attached hydrogens (primary N) is 1. The Hall–Kier alpha value is -1.60. The van der Waals surface area contributed by atoms with E-state index in [1.807, 2.05) is 13.0 Å². The molecule has 0 bridgehead atoms. The first-order valence-corrected chi connectivity index (χ1v) is 8.22. The van der Waals surface area contributed by atoms with Gasteiger partial charge in [-0.2, -0.15) is 0 Å². The van der Waals surface area contributed by atoms with Gasteiger partial charge >= 0.3 is 0 Å². The second-order valence-electron chi connectivity index (χ2n) is 4.21. The monoisotopic (exact) mass is 355 g/mol. The summed E-state index contributed by atoms with van der Waals surface area (Å²) < 4.78 is 27.5. The quantitative estimate of drug-likeness (QED) is 0.825. The van der Waals surface area contributed by atoms with E-state index in [1.54, 1.807) is 12.1 Å². The minimum Gasteiger partial charge on any atom is -0.398 e. The molecule has 1 aromatic heterocycles. The van der Waals surface area contributed by atoms with Crippen LogP contribution in [0.15, 0.2) is 46.0 Å². The Morgan fingerprint density at radius 3 is 2.65 bits per heavy atom. The molecule has 0 saturated heterocycles. The van der Waals surface area contributed by atoms with Gasteiger partial charge in [-0.3, -0.25) is 9.71 Å². The number of aryl methyl sites for hydroxylation is 1. The standard InChI is InChI=1S/C13H14BrN3O2S/c1-2-9-3-4-11(6-13(9)15)17-20(18,19)12-5-10(14)7-16-8-12/h3-8,17H,2,15H2,1H3. The molecule has 1 heterocycles. The topological polar surface area (TPSA) is 85.1 Å². The minimum atomic E-state index is -3.67. The zero-order valence-electron chi connectivity index (χ0n) is 10.8. The van der Waals surface area contributed by atoms with Gasteiger partial charge in [0.15, 0.2) is 0 Å². The molecule has 7 heteroatoms. The van der Waals surface area contributed by atoms with Gasteiger partial charge in [-0.05, 0) is 46.1 Å². The number of hydrogen-bond acceptors (Lipinski definition) is 4. The highest BCUT2D eigenvalue weighted by molar-refractivity contribution is 9.10. The summed E-state index contributed by atoms with van der Waals surface area (Å²) in [5, 5.41) is 0. The summed E-state index contributed by atoms with van der Waals surface area (Å²) in [6.07, 6.45) is 3.61. The van der Waals surface area contributed by atoms with Gasteiger partial charge in [0.2, 0.25) is 0 Å². The van der Waals surface area contributed by atoms with Crippen LogP contribution >= 0.6 is 15.9 Å². The molecule has 0 amide bonds. The second kappa shape index (κ2) is 5.80. The summed E-state index contributed by atoms with van der Waals surface area (Å²) >= 11 is 3.20. The Kier molecular flexibility index (Phi) is 4.29. The molecule has 0 spiro atoms. The summed E-state index contributed by atoms with van der Waals surface area (Å²) in [5.41, 5.74) is 7.84. The molecule has 1 aromatic carbocycles. The lowest BCUT2D eigenvalue weighted by molar-refractivity contribution is 0.600. The van der Waals surface area contributed by atoms with Crippen LogP contribution in [0, 0.1) is 0 Å². The maximum atomic E-state index is 12.2. The maximum absolute atomic E-state index is 12.2. The molecule has 20 heavy (non-hydrogen) atoms. The van der Waals surface area contributed by atoms with Crippen molar-refractivity contribution in [2.24, 2.45) is 0 Å². The summed E-state index contributed by atoms with van der Waals surface area (Å²) in [6.45, 7) is 1.99. The fourth-order valence-electron chi connectivity index (χ4n) is 1.73. The lowest BCUT2D eigenvalue weighted by Gasteiger charge is -2.10. The van der Waals surface area contributed by atoms with Gasteiger partial charge in [0.25, 0.3) is 10.0 Å². The Balaban J connectivity index is 2.31. The number of aromatic nitrogens is 1. The van der Waals surface area contributed by atoms with Crippen molar-refractivity contribution in [2.45, 2.75) is 18.2 Å². The molecule has 0 aliphatic carbocycles. The summed E-state index contributed by atoms with van der Waals surface area (Å²) in [5.74, 6) is 0. The number of pyridine rings is 1. The van der Waals surface area contributed by atoms with Gasteiger partial charge in [0.1, 0.15) is 4.90 Å². The third-order valence-corrected chi connectivity index (χ3v) is 4.55. The average Bonchev–Trinajstić information content (AvgIpc) is 2.38. The molecule has 0 aliphatic rings. The number of halogens is 1. The summed E-state index contributed by atoms with van der Waals surface area (Å²) in [6, 6.07) is 6.60. The predicted octanol–water partition coefficient (Wildman–Crippen LogP) is 2.79. The van der Waals surface area contributed by atoms with Crippen molar-refractivity contribution in [1.82, 2.24) is 4.98 Å². The largest absolute Gasteiger partial charge is 0.398 e. The van der Waals surface area contributed by atoms with Crippen LogP contribution in [-0.2, 0) is 16.4 Å². The van der Waals surface area contributed by atoms with Crippen LogP contribution in [0.2, 0.25) is 0 Å². The van der Waals surface area contributed by atoms with Crippen LogP contribution in [0.3, 0.4) is 0 Å². The number of nitrogen functional groups attached to an aromatic ring is 1. The lowest BCUT2D eigenvalue weighted by Crippen LogP contribution is -2.13. The molecule has 2 rings (SSSR count). The number of nitrogens with zero attached hydrogens (tertiary/aromatic N) is 1. The van der Waals surface area contributed by atoms with Crippen molar-refractivity contribution in [3.8, 4) is 0 Å². The van der Waals surface area contributed by atoms with Crippen LogP contribution in [0.4, 0.5) is 11.4 Å². The third-order valence-electron chi connectivity index (χ3n) is 2.77. The fraction of sp³-hybridized carbons (Fsp3) is 0.154. The van der Waals surface area contributed by atoms with E-state index in [4.69, 9.17) is 5.73 Å². The number of sulfonamides is 1. The molecule has 0 radical (unpaired) electrons. The van der Waals surface area contributed by atoms with Crippen molar-refractivity contribution in [3.05, 3.63) is 46.7 Å². The Morgan fingerprint density at radius 2 is 2.05 bits per heavy atom. The molecule has 0 unspecified atom stereocenters. The predicted molar refractivity (Wildman–Crippen MR) is 83.0 cm³/mol. The number of anilines is 2. The second-order valence-corrected chi connectivity index (χ2v) is 6.81. The first-order chi connectivity index (χ1) is 9.42. The van der Waals surface area contributed by atoms with Crippen LogP contribution in [0.25, 0.3) is 0 Å². The van der Waals surface area contributed by atoms with E-state index in [0.717, 1.165) is 12.0 Å².